The predicted molar refractivity (Wildman–Crippen MR) is 87.2 cm³/mol. The number of phenols is 1. The fourth-order valence-electron chi connectivity index (χ4n) is 2.54. The van der Waals surface area contributed by atoms with Gasteiger partial charge in [-0.15, -0.1) is 10.2 Å². The number of aryl methyl sites for hydroxylation is 2. The van der Waals surface area contributed by atoms with E-state index in [0.29, 0.717) is 18.1 Å². The average molecular weight is 302 g/mol. The highest BCUT2D eigenvalue weighted by Gasteiger charge is 2.26. The molecular weight excluding hydrogens is 276 g/mol. The topological polar surface area (TPSA) is 59.2 Å². The van der Waals surface area contributed by atoms with E-state index in [4.69, 9.17) is 4.42 Å². The third-order valence-corrected chi connectivity index (χ3v) is 3.82. The zero-order valence-electron chi connectivity index (χ0n) is 14.4. The summed E-state index contributed by atoms with van der Waals surface area (Å²) in [5, 5.41) is 18.3. The van der Waals surface area contributed by atoms with Gasteiger partial charge in [0.1, 0.15) is 5.75 Å². The van der Waals surface area contributed by atoms with Gasteiger partial charge in [-0.2, -0.15) is 0 Å². The quantitative estimate of drug-likeness (QED) is 0.925. The van der Waals surface area contributed by atoms with Crippen LogP contribution in [-0.4, -0.2) is 15.3 Å². The number of benzene rings is 1. The third-order valence-electron chi connectivity index (χ3n) is 3.82. The van der Waals surface area contributed by atoms with Gasteiger partial charge >= 0.3 is 0 Å². The zero-order chi connectivity index (χ0) is 16.5. The van der Waals surface area contributed by atoms with Crippen molar-refractivity contribution >= 4 is 0 Å². The van der Waals surface area contributed by atoms with Crippen LogP contribution in [0.5, 0.6) is 5.75 Å². The van der Waals surface area contributed by atoms with Crippen molar-refractivity contribution in [2.24, 2.45) is 0 Å². The van der Waals surface area contributed by atoms with Gasteiger partial charge in [-0.05, 0) is 33.9 Å². The monoisotopic (exact) mass is 302 g/mol. The normalized spacial score (nSPS) is 12.6. The molecule has 1 aromatic heterocycles. The van der Waals surface area contributed by atoms with Gasteiger partial charge in [-0.3, -0.25) is 0 Å². The molecule has 0 radical (unpaired) electrons. The van der Waals surface area contributed by atoms with Gasteiger partial charge in [-0.25, -0.2) is 0 Å². The lowest BCUT2D eigenvalue weighted by molar-refractivity contribution is 0.422. The number of phenolic OH excluding ortho intramolecular Hbond substituents is 1. The number of aromatic hydroxyl groups is 1. The van der Waals surface area contributed by atoms with E-state index in [1.165, 1.54) is 12.0 Å². The maximum Gasteiger partial charge on any atom is 0.216 e. The Morgan fingerprint density at radius 1 is 0.955 bits per heavy atom. The van der Waals surface area contributed by atoms with Crippen LogP contribution in [0.4, 0.5) is 0 Å². The van der Waals surface area contributed by atoms with Crippen molar-refractivity contribution in [3.63, 3.8) is 0 Å². The molecule has 0 bridgehead atoms. The second-order valence-corrected chi connectivity index (χ2v) is 7.87. The summed E-state index contributed by atoms with van der Waals surface area (Å²) in [5.41, 5.74) is 2.95. The Hall–Kier alpha value is -1.84. The molecule has 0 saturated heterocycles. The fraction of sp³-hybridized carbons (Fsp3) is 0.556. The van der Waals surface area contributed by atoms with E-state index in [9.17, 15) is 5.11 Å². The van der Waals surface area contributed by atoms with E-state index in [2.05, 4.69) is 63.9 Å². The van der Waals surface area contributed by atoms with Gasteiger partial charge in [0.05, 0.1) is 0 Å². The van der Waals surface area contributed by atoms with Crippen LogP contribution in [0.25, 0.3) is 0 Å². The third kappa shape index (κ3) is 3.67. The first-order chi connectivity index (χ1) is 10.1. The lowest BCUT2D eigenvalue weighted by Crippen LogP contribution is -2.18. The maximum atomic E-state index is 10.7. The van der Waals surface area contributed by atoms with Crippen molar-refractivity contribution in [3.8, 4) is 5.75 Å². The van der Waals surface area contributed by atoms with Crippen LogP contribution in [-0.2, 0) is 23.7 Å². The predicted octanol–water partition coefficient (Wildman–Crippen LogP) is 4.16. The Labute approximate surface area is 132 Å². The highest BCUT2D eigenvalue weighted by Crippen LogP contribution is 2.39. The van der Waals surface area contributed by atoms with Gasteiger partial charge in [0.2, 0.25) is 12.3 Å². The number of rotatable bonds is 3. The minimum atomic E-state index is -0.107. The van der Waals surface area contributed by atoms with Crippen molar-refractivity contribution in [2.45, 2.75) is 65.2 Å². The van der Waals surface area contributed by atoms with Gasteiger partial charge < -0.3 is 9.52 Å². The van der Waals surface area contributed by atoms with Crippen molar-refractivity contribution in [2.75, 3.05) is 0 Å². The first kappa shape index (κ1) is 16.5. The van der Waals surface area contributed by atoms with E-state index in [1.807, 2.05) is 0 Å². The summed E-state index contributed by atoms with van der Waals surface area (Å²) < 4.78 is 5.20. The molecule has 0 fully saturated rings. The van der Waals surface area contributed by atoms with Crippen LogP contribution in [0, 0.1) is 0 Å². The first-order valence-corrected chi connectivity index (χ1v) is 7.71. The molecule has 0 saturated carbocycles. The number of aromatic nitrogens is 2. The Bertz CT molecular complexity index is 597. The molecule has 0 amide bonds. The van der Waals surface area contributed by atoms with Gasteiger partial charge in [0.15, 0.2) is 0 Å². The van der Waals surface area contributed by atoms with Crippen LogP contribution in [0.2, 0.25) is 0 Å². The molecule has 1 aromatic carbocycles. The minimum Gasteiger partial charge on any atom is -0.507 e. The smallest absolute Gasteiger partial charge is 0.216 e. The summed E-state index contributed by atoms with van der Waals surface area (Å²) in [4.78, 5) is 0. The molecule has 0 aliphatic rings. The van der Waals surface area contributed by atoms with E-state index in [0.717, 1.165) is 17.5 Å². The Morgan fingerprint density at radius 3 is 1.91 bits per heavy atom. The van der Waals surface area contributed by atoms with E-state index in [-0.39, 0.29) is 10.8 Å². The van der Waals surface area contributed by atoms with Crippen LogP contribution in [0.15, 0.2) is 22.9 Å². The second-order valence-electron chi connectivity index (χ2n) is 7.87. The van der Waals surface area contributed by atoms with Gasteiger partial charge in [0.25, 0.3) is 0 Å². The maximum absolute atomic E-state index is 10.7. The summed E-state index contributed by atoms with van der Waals surface area (Å²) in [6.07, 6.45) is 2.87. The van der Waals surface area contributed by atoms with Gasteiger partial charge in [0, 0.05) is 6.42 Å². The average Bonchev–Trinajstić information content (AvgIpc) is 2.87. The minimum absolute atomic E-state index is 0.107. The summed E-state index contributed by atoms with van der Waals surface area (Å²) in [7, 11) is 0. The Balaban J connectivity index is 2.41. The highest BCUT2D eigenvalue weighted by atomic mass is 16.4. The first-order valence-electron chi connectivity index (χ1n) is 7.71. The summed E-state index contributed by atoms with van der Waals surface area (Å²) in [6, 6.07) is 4.20. The van der Waals surface area contributed by atoms with Crippen molar-refractivity contribution in [3.05, 3.63) is 41.1 Å². The molecule has 1 heterocycles. The molecule has 4 heteroatoms. The summed E-state index contributed by atoms with van der Waals surface area (Å²) in [6.45, 7) is 12.7. The molecule has 120 valence electrons. The molecule has 0 atom stereocenters. The van der Waals surface area contributed by atoms with Crippen LogP contribution in [0.3, 0.4) is 0 Å². The molecular formula is C18H26N2O2. The SMILES string of the molecule is CC(C)(C)c1cc(CCc2nnco2)cc(C(C)(C)C)c1O. The number of hydrogen-bond donors (Lipinski definition) is 1. The molecule has 0 unspecified atom stereocenters. The lowest BCUT2D eigenvalue weighted by atomic mass is 9.78. The summed E-state index contributed by atoms with van der Waals surface area (Å²) in [5.74, 6) is 1.06. The van der Waals surface area contributed by atoms with Crippen molar-refractivity contribution in [1.29, 1.82) is 0 Å². The molecule has 22 heavy (non-hydrogen) atoms. The molecule has 0 spiro atoms. The lowest BCUT2D eigenvalue weighted by Gasteiger charge is -2.28. The highest BCUT2D eigenvalue weighted by molar-refractivity contribution is 5.49. The number of nitrogens with zero attached hydrogens (tertiary/aromatic N) is 2. The second kappa shape index (κ2) is 5.75. The molecule has 2 aromatic rings. The standard InChI is InChI=1S/C18H26N2O2/c1-17(2,3)13-9-12(7-8-15-20-19-11-22-15)10-14(16(13)21)18(4,5)6/h9-11,21H,7-8H2,1-6H3. The largest absolute Gasteiger partial charge is 0.507 e. The van der Waals surface area contributed by atoms with E-state index in [1.54, 1.807) is 0 Å². The van der Waals surface area contributed by atoms with Crippen LogP contribution >= 0.6 is 0 Å². The fourth-order valence-corrected chi connectivity index (χ4v) is 2.54. The Kier molecular flexibility index (Phi) is 4.32. The van der Waals surface area contributed by atoms with Crippen LogP contribution < -0.4 is 0 Å². The molecule has 1 N–H and O–H groups in total. The molecule has 0 aliphatic heterocycles. The van der Waals surface area contributed by atoms with E-state index >= 15 is 0 Å². The summed E-state index contributed by atoms with van der Waals surface area (Å²) >= 11 is 0. The Morgan fingerprint density at radius 2 is 1.50 bits per heavy atom. The molecule has 2 rings (SSSR count). The van der Waals surface area contributed by atoms with Gasteiger partial charge in [-0.1, -0.05) is 53.7 Å². The number of hydrogen-bond acceptors (Lipinski definition) is 4. The van der Waals surface area contributed by atoms with Crippen molar-refractivity contribution < 1.29 is 9.52 Å². The molecule has 4 nitrogen and oxygen atoms in total. The zero-order valence-corrected chi connectivity index (χ0v) is 14.4. The van der Waals surface area contributed by atoms with Crippen LogP contribution in [0.1, 0.15) is 64.1 Å². The van der Waals surface area contributed by atoms with Crippen molar-refractivity contribution in [1.82, 2.24) is 10.2 Å². The van der Waals surface area contributed by atoms with E-state index < -0.39 is 0 Å². The molecule has 0 aliphatic carbocycles.